The second-order valence-electron chi connectivity index (χ2n) is 8.45. The minimum absolute atomic E-state index is 0.0113. The smallest absolute Gasteiger partial charge is 0.324 e. The van der Waals surface area contributed by atoms with Crippen molar-refractivity contribution in [2.45, 2.75) is 9.79 Å². The molecule has 0 aliphatic heterocycles. The number of rotatable bonds is 11. The monoisotopic (exact) mass is 603 g/mol. The molecule has 0 fully saturated rings. The average molecular weight is 604 g/mol. The molecule has 0 spiro atoms. The number of hydrogen-bond donors (Lipinski definition) is 2. The highest BCUT2D eigenvalue weighted by Crippen LogP contribution is 2.36. The van der Waals surface area contributed by atoms with E-state index >= 15 is 0 Å². The number of pyridine rings is 1. The third kappa shape index (κ3) is 5.90. The van der Waals surface area contributed by atoms with Crippen LogP contribution in [0.4, 0.5) is 15.9 Å². The van der Waals surface area contributed by atoms with E-state index < -0.39 is 55.8 Å². The maximum absolute atomic E-state index is 13.6. The lowest BCUT2D eigenvalue weighted by Gasteiger charge is -2.27. The SMILES string of the molecule is COc1ccc(S(=O)(=O)N(CC(=O)O)c2cnc(N(CC(=O)O)S(=O)(=O)c3ccc(F)cc3)c3ccccc23)cc1. The third-order valence-electron chi connectivity index (χ3n) is 5.86. The number of carbonyl (C=O) groups is 2. The molecule has 12 nitrogen and oxygen atoms in total. The highest BCUT2D eigenvalue weighted by molar-refractivity contribution is 7.93. The van der Waals surface area contributed by atoms with Crippen LogP contribution >= 0.6 is 0 Å². The Morgan fingerprint density at radius 3 is 1.80 bits per heavy atom. The van der Waals surface area contributed by atoms with Gasteiger partial charge in [0.15, 0.2) is 5.82 Å². The van der Waals surface area contributed by atoms with Gasteiger partial charge in [0.25, 0.3) is 20.0 Å². The molecule has 0 bridgehead atoms. The molecule has 2 N–H and O–H groups in total. The van der Waals surface area contributed by atoms with E-state index in [0.29, 0.717) is 14.4 Å². The number of ether oxygens (including phenoxy) is 1. The number of aliphatic carboxylic acids is 2. The molecule has 0 saturated carbocycles. The largest absolute Gasteiger partial charge is 0.497 e. The van der Waals surface area contributed by atoms with Gasteiger partial charge in [-0.05, 0) is 48.5 Å². The maximum Gasteiger partial charge on any atom is 0.324 e. The van der Waals surface area contributed by atoms with Gasteiger partial charge >= 0.3 is 11.9 Å². The number of hydrogen-bond acceptors (Lipinski definition) is 8. The number of aromatic nitrogens is 1. The Bertz CT molecular complexity index is 1830. The van der Waals surface area contributed by atoms with Crippen LogP contribution in [0.1, 0.15) is 0 Å². The lowest BCUT2D eigenvalue weighted by atomic mass is 10.1. The summed E-state index contributed by atoms with van der Waals surface area (Å²) in [7, 11) is -7.71. The van der Waals surface area contributed by atoms with Gasteiger partial charge in [-0.1, -0.05) is 24.3 Å². The minimum atomic E-state index is -4.60. The molecule has 0 amide bonds. The summed E-state index contributed by atoms with van der Waals surface area (Å²) in [6.45, 7) is -2.08. The summed E-state index contributed by atoms with van der Waals surface area (Å²) in [4.78, 5) is 27.0. The highest BCUT2D eigenvalue weighted by atomic mass is 32.2. The topological polar surface area (TPSA) is 171 Å². The van der Waals surface area contributed by atoms with Gasteiger partial charge in [-0.3, -0.25) is 13.9 Å². The predicted molar refractivity (Wildman–Crippen MR) is 145 cm³/mol. The first-order valence-electron chi connectivity index (χ1n) is 11.6. The van der Waals surface area contributed by atoms with Crippen LogP contribution in [-0.2, 0) is 29.6 Å². The molecule has 4 aromatic rings. The second-order valence-corrected chi connectivity index (χ2v) is 12.2. The van der Waals surface area contributed by atoms with Crippen LogP contribution in [0.3, 0.4) is 0 Å². The Kier molecular flexibility index (Phi) is 8.12. The molecule has 1 aromatic heterocycles. The molecule has 0 aliphatic rings. The fraction of sp³-hybridized carbons (Fsp3) is 0.115. The third-order valence-corrected chi connectivity index (χ3v) is 9.39. The fourth-order valence-electron chi connectivity index (χ4n) is 3.99. The number of sulfonamides is 2. The molecule has 41 heavy (non-hydrogen) atoms. The molecule has 214 valence electrons. The van der Waals surface area contributed by atoms with E-state index in [-0.39, 0.29) is 27.2 Å². The standard InChI is InChI=1S/C26H22FN3O9S2/c1-39-18-8-12-20(13-9-18)40(35,36)29(15-24(31)32)23-14-28-26(22-5-3-2-4-21(22)23)30(16-25(33)34)41(37,38)19-10-6-17(27)7-11-19/h2-14H,15-16H2,1H3,(H,31,32)(H,33,34). The number of fused-ring (bicyclic) bond motifs is 1. The molecule has 3 aromatic carbocycles. The van der Waals surface area contributed by atoms with Gasteiger partial charge < -0.3 is 14.9 Å². The zero-order valence-electron chi connectivity index (χ0n) is 21.2. The lowest BCUT2D eigenvalue weighted by Crippen LogP contribution is -2.37. The van der Waals surface area contributed by atoms with E-state index in [0.717, 1.165) is 30.5 Å². The number of carboxylic acid groups (broad SMARTS) is 2. The van der Waals surface area contributed by atoms with Crippen LogP contribution < -0.4 is 13.3 Å². The minimum Gasteiger partial charge on any atom is -0.497 e. The predicted octanol–water partition coefficient (Wildman–Crippen LogP) is 2.94. The van der Waals surface area contributed by atoms with Gasteiger partial charge in [0, 0.05) is 10.8 Å². The van der Waals surface area contributed by atoms with Crippen molar-refractivity contribution in [2.24, 2.45) is 0 Å². The number of halogens is 1. The Morgan fingerprint density at radius 1 is 0.780 bits per heavy atom. The van der Waals surface area contributed by atoms with Crippen molar-refractivity contribution >= 4 is 54.3 Å². The molecule has 0 unspecified atom stereocenters. The van der Waals surface area contributed by atoms with E-state index in [9.17, 15) is 41.0 Å². The first-order valence-corrected chi connectivity index (χ1v) is 14.5. The van der Waals surface area contributed by atoms with Gasteiger partial charge in [-0.25, -0.2) is 30.5 Å². The van der Waals surface area contributed by atoms with Crippen molar-refractivity contribution in [3.63, 3.8) is 0 Å². The first kappa shape index (κ1) is 29.2. The van der Waals surface area contributed by atoms with E-state index in [1.807, 2.05) is 0 Å². The van der Waals surface area contributed by atoms with Gasteiger partial charge in [-0.15, -0.1) is 0 Å². The van der Waals surface area contributed by atoms with Crippen LogP contribution in [0, 0.1) is 5.82 Å². The summed E-state index contributed by atoms with van der Waals surface area (Å²) in [5, 5.41) is 19.2. The number of carboxylic acids is 2. The molecule has 0 radical (unpaired) electrons. The average Bonchev–Trinajstić information content (AvgIpc) is 2.94. The number of benzene rings is 3. The molecule has 0 aliphatic carbocycles. The van der Waals surface area contributed by atoms with Gasteiger partial charge in [0.05, 0.1) is 28.8 Å². The summed E-state index contributed by atoms with van der Waals surface area (Å²) >= 11 is 0. The number of anilines is 2. The van der Waals surface area contributed by atoms with E-state index in [2.05, 4.69) is 4.98 Å². The zero-order chi connectivity index (χ0) is 29.9. The molecule has 4 rings (SSSR count). The summed E-state index contributed by atoms with van der Waals surface area (Å²) in [6, 6.07) is 14.7. The van der Waals surface area contributed by atoms with Crippen molar-refractivity contribution in [3.05, 3.63) is 84.8 Å². The maximum atomic E-state index is 13.6. The normalized spacial score (nSPS) is 11.7. The molecular formula is C26H22FN3O9S2. The van der Waals surface area contributed by atoms with E-state index in [1.165, 1.54) is 55.6 Å². The molecule has 0 atom stereocenters. The Hall–Kier alpha value is -4.76. The van der Waals surface area contributed by atoms with Gasteiger partial charge in [0.1, 0.15) is 24.7 Å². The second kappa shape index (κ2) is 11.4. The van der Waals surface area contributed by atoms with Crippen molar-refractivity contribution in [1.82, 2.24) is 4.98 Å². The van der Waals surface area contributed by atoms with Crippen molar-refractivity contribution in [2.75, 3.05) is 28.8 Å². The molecule has 1 heterocycles. The number of nitrogens with zero attached hydrogens (tertiary/aromatic N) is 3. The summed E-state index contributed by atoms with van der Waals surface area (Å²) in [5.41, 5.74) is -0.197. The highest BCUT2D eigenvalue weighted by Gasteiger charge is 2.33. The van der Waals surface area contributed by atoms with Crippen LogP contribution in [0.2, 0.25) is 0 Å². The summed E-state index contributed by atoms with van der Waals surface area (Å²) < 4.78 is 73.9. The van der Waals surface area contributed by atoms with Crippen molar-refractivity contribution in [3.8, 4) is 5.75 Å². The Labute approximate surface area is 234 Å². The molecule has 15 heteroatoms. The van der Waals surface area contributed by atoms with Gasteiger partial charge in [0.2, 0.25) is 0 Å². The fourth-order valence-corrected chi connectivity index (χ4v) is 6.80. The molecular weight excluding hydrogens is 581 g/mol. The molecule has 0 saturated heterocycles. The lowest BCUT2D eigenvalue weighted by molar-refractivity contribution is -0.136. The van der Waals surface area contributed by atoms with E-state index in [1.54, 1.807) is 0 Å². The summed E-state index contributed by atoms with van der Waals surface area (Å²) in [5.74, 6) is -3.72. The quantitative estimate of drug-likeness (QED) is 0.260. The van der Waals surface area contributed by atoms with Crippen molar-refractivity contribution in [1.29, 1.82) is 0 Å². The van der Waals surface area contributed by atoms with Crippen LogP contribution in [0.15, 0.2) is 88.8 Å². The van der Waals surface area contributed by atoms with Crippen LogP contribution in [-0.4, -0.2) is 64.2 Å². The Balaban J connectivity index is 1.93. The summed E-state index contributed by atoms with van der Waals surface area (Å²) in [6.07, 6.45) is 0.955. The number of methoxy groups -OCH3 is 1. The Morgan fingerprint density at radius 2 is 1.27 bits per heavy atom. The zero-order valence-corrected chi connectivity index (χ0v) is 22.8. The van der Waals surface area contributed by atoms with Gasteiger partial charge in [-0.2, -0.15) is 0 Å². The van der Waals surface area contributed by atoms with Crippen molar-refractivity contribution < 1.29 is 45.8 Å². The van der Waals surface area contributed by atoms with Crippen LogP contribution in [0.25, 0.3) is 10.8 Å². The first-order chi connectivity index (χ1) is 19.4. The van der Waals surface area contributed by atoms with E-state index in [4.69, 9.17) is 4.74 Å². The van der Waals surface area contributed by atoms with Crippen LogP contribution in [0.5, 0.6) is 5.75 Å².